The van der Waals surface area contributed by atoms with Crippen LogP contribution in [0.4, 0.5) is 17.6 Å². The molecule has 0 radical (unpaired) electrons. The van der Waals surface area contributed by atoms with E-state index in [0.29, 0.717) is 13.2 Å². The monoisotopic (exact) mass is 674 g/mol. The first-order chi connectivity index (χ1) is 23.7. The Hall–Kier alpha value is -2.92. The van der Waals surface area contributed by atoms with Crippen LogP contribution >= 0.6 is 0 Å². The molecular weight excluding hydrogens is 620 g/mol. The molecule has 49 heavy (non-hydrogen) atoms. The lowest BCUT2D eigenvalue weighted by atomic mass is 9.51. The van der Waals surface area contributed by atoms with Crippen LogP contribution < -0.4 is 0 Å². The predicted molar refractivity (Wildman–Crippen MR) is 191 cm³/mol. The number of benzene rings is 2. The van der Waals surface area contributed by atoms with Crippen molar-refractivity contribution in [3.05, 3.63) is 119 Å². The molecule has 5 heteroatoms. The highest BCUT2D eigenvalue weighted by molar-refractivity contribution is 5.45. The molecule has 6 rings (SSSR count). The maximum absolute atomic E-state index is 14.7. The van der Waals surface area contributed by atoms with Gasteiger partial charge in [-0.3, -0.25) is 0 Å². The van der Waals surface area contributed by atoms with Crippen molar-refractivity contribution in [3.8, 4) is 0 Å². The largest absolute Gasteiger partial charge is 0.380 e. The van der Waals surface area contributed by atoms with Gasteiger partial charge in [-0.2, -0.15) is 0 Å². The normalized spacial score (nSPS) is 28.9. The van der Waals surface area contributed by atoms with E-state index in [1.165, 1.54) is 37.1 Å². The second-order valence-electron chi connectivity index (χ2n) is 15.5. The van der Waals surface area contributed by atoms with Crippen LogP contribution in [-0.4, -0.2) is 13.2 Å². The number of ether oxygens (including phenoxy) is 1. The molecule has 0 N–H and O–H groups in total. The maximum Gasteiger partial charge on any atom is 0.159 e. The summed E-state index contributed by atoms with van der Waals surface area (Å²) in [6.07, 6.45) is 33.4. The van der Waals surface area contributed by atoms with Gasteiger partial charge in [0.25, 0.3) is 0 Å². The first-order valence-electron chi connectivity index (χ1n) is 19.0. The quantitative estimate of drug-likeness (QED) is 0.161. The van der Waals surface area contributed by atoms with Crippen molar-refractivity contribution in [3.63, 3.8) is 0 Å². The van der Waals surface area contributed by atoms with E-state index in [0.717, 1.165) is 88.2 Å². The molecule has 0 atom stereocenters. The predicted octanol–water partition coefficient (Wildman–Crippen LogP) is 12.4. The molecule has 4 aliphatic rings. The van der Waals surface area contributed by atoms with Gasteiger partial charge in [-0.05, 0) is 84.7 Å². The van der Waals surface area contributed by atoms with Crippen molar-refractivity contribution in [1.29, 1.82) is 0 Å². The van der Waals surface area contributed by atoms with Gasteiger partial charge < -0.3 is 4.74 Å². The van der Waals surface area contributed by atoms with Crippen LogP contribution in [0.3, 0.4) is 0 Å². The highest BCUT2D eigenvalue weighted by Gasteiger charge is 2.51. The van der Waals surface area contributed by atoms with Crippen molar-refractivity contribution in [1.82, 2.24) is 0 Å². The van der Waals surface area contributed by atoms with E-state index < -0.39 is 34.1 Å². The number of hydrogen-bond donors (Lipinski definition) is 0. The number of halogens is 4. The van der Waals surface area contributed by atoms with E-state index in [4.69, 9.17) is 4.74 Å². The van der Waals surface area contributed by atoms with Crippen LogP contribution in [0.1, 0.15) is 115 Å². The molecule has 2 aromatic rings. The molecule has 0 aromatic heterocycles. The SMILES string of the molecule is CCCC1(C2(c3ccc(F)c(F)c3)C=CC(COCC3C=CC(c4ccc(F)c(F)c4)(C4(CCC)CCCCC4)C=C3)C=C2)CCCCC1. The van der Waals surface area contributed by atoms with Gasteiger partial charge in [0.2, 0.25) is 0 Å². The van der Waals surface area contributed by atoms with Crippen molar-refractivity contribution >= 4 is 0 Å². The Kier molecular flexibility index (Phi) is 11.1. The summed E-state index contributed by atoms with van der Waals surface area (Å²) in [6, 6.07) is 8.92. The minimum atomic E-state index is -0.811. The average Bonchev–Trinajstić information content (AvgIpc) is 3.12. The molecule has 0 bridgehead atoms. The third kappa shape index (κ3) is 6.78. The zero-order valence-electron chi connectivity index (χ0n) is 29.5. The van der Waals surface area contributed by atoms with Crippen LogP contribution in [0.25, 0.3) is 0 Å². The molecule has 2 aromatic carbocycles. The molecule has 0 saturated heterocycles. The zero-order valence-corrected chi connectivity index (χ0v) is 29.5. The number of rotatable bonds is 12. The van der Waals surface area contributed by atoms with Crippen LogP contribution in [0, 0.1) is 45.9 Å². The van der Waals surface area contributed by atoms with Crippen LogP contribution in [0.5, 0.6) is 0 Å². The van der Waals surface area contributed by atoms with Crippen molar-refractivity contribution in [2.45, 2.75) is 115 Å². The third-order valence-electron chi connectivity index (χ3n) is 12.7. The molecule has 2 fully saturated rings. The molecule has 4 aliphatic carbocycles. The summed E-state index contributed by atoms with van der Waals surface area (Å²) in [7, 11) is 0. The molecule has 0 aliphatic heterocycles. The molecule has 0 heterocycles. The topological polar surface area (TPSA) is 9.23 Å². The lowest BCUT2D eigenvalue weighted by Gasteiger charge is -2.52. The van der Waals surface area contributed by atoms with Crippen molar-refractivity contribution in [2.24, 2.45) is 22.7 Å². The van der Waals surface area contributed by atoms with Gasteiger partial charge in [-0.25, -0.2) is 17.6 Å². The van der Waals surface area contributed by atoms with Crippen LogP contribution in [0.2, 0.25) is 0 Å². The van der Waals surface area contributed by atoms with Crippen LogP contribution in [-0.2, 0) is 15.6 Å². The van der Waals surface area contributed by atoms with Gasteiger partial charge in [0.1, 0.15) is 0 Å². The van der Waals surface area contributed by atoms with E-state index in [1.807, 2.05) is 0 Å². The second kappa shape index (κ2) is 15.1. The highest BCUT2D eigenvalue weighted by Crippen LogP contribution is 2.58. The summed E-state index contributed by atoms with van der Waals surface area (Å²) < 4.78 is 63.8. The van der Waals surface area contributed by atoms with Gasteiger partial charge in [0, 0.05) is 22.7 Å². The third-order valence-corrected chi connectivity index (χ3v) is 12.7. The first kappa shape index (κ1) is 35.9. The lowest BCUT2D eigenvalue weighted by Crippen LogP contribution is -2.46. The van der Waals surface area contributed by atoms with E-state index in [2.05, 4.69) is 62.5 Å². The molecule has 0 unspecified atom stereocenters. The first-order valence-corrected chi connectivity index (χ1v) is 19.0. The summed E-state index contributed by atoms with van der Waals surface area (Å²) in [6.45, 7) is 5.48. The fourth-order valence-corrected chi connectivity index (χ4v) is 10.3. The summed E-state index contributed by atoms with van der Waals surface area (Å²) in [5, 5.41) is 0. The van der Waals surface area contributed by atoms with Gasteiger partial charge in [-0.1, -0.05) is 126 Å². The summed E-state index contributed by atoms with van der Waals surface area (Å²) in [5.41, 5.74) is 0.617. The van der Waals surface area contributed by atoms with E-state index in [1.54, 1.807) is 12.1 Å². The number of allylic oxidation sites excluding steroid dienone is 4. The fourth-order valence-electron chi connectivity index (χ4n) is 10.3. The van der Waals surface area contributed by atoms with Gasteiger partial charge >= 0.3 is 0 Å². The molecule has 2 saturated carbocycles. The molecule has 264 valence electrons. The van der Waals surface area contributed by atoms with Gasteiger partial charge in [0.15, 0.2) is 23.3 Å². The maximum atomic E-state index is 14.7. The smallest absolute Gasteiger partial charge is 0.159 e. The van der Waals surface area contributed by atoms with Gasteiger partial charge in [0.05, 0.1) is 13.2 Å². The minimum Gasteiger partial charge on any atom is -0.380 e. The van der Waals surface area contributed by atoms with E-state index >= 15 is 0 Å². The molecule has 0 spiro atoms. The molecule has 1 nitrogen and oxygen atoms in total. The highest BCUT2D eigenvalue weighted by atomic mass is 19.2. The van der Waals surface area contributed by atoms with Gasteiger partial charge in [-0.15, -0.1) is 0 Å². The summed E-state index contributed by atoms with van der Waals surface area (Å²) in [4.78, 5) is 0. The molecule has 0 amide bonds. The van der Waals surface area contributed by atoms with Crippen molar-refractivity contribution in [2.75, 3.05) is 13.2 Å². The Bertz CT molecular complexity index is 1400. The standard InChI is InChI=1S/C44H54F4O/c1-3-19-41(21-7-5-8-22-41)43(35-11-13-37(45)39(47)29-35)25-15-33(16-26-43)31-49-32-34-17-27-44(28-18-34,36-12-14-38(46)40(48)30-36)42(20-4-2)23-9-6-10-24-42/h11-18,25-30,33-34H,3-10,19-24,31-32H2,1-2H3. The fraction of sp³-hybridized carbons (Fsp3) is 0.545. The Labute approximate surface area is 291 Å². The summed E-state index contributed by atoms with van der Waals surface area (Å²) >= 11 is 0. The minimum absolute atomic E-state index is 0.0335. The van der Waals surface area contributed by atoms with E-state index in [9.17, 15) is 17.6 Å². The Morgan fingerprint density at radius 3 is 1.22 bits per heavy atom. The lowest BCUT2D eigenvalue weighted by molar-refractivity contribution is 0.0938. The summed E-state index contributed by atoms with van der Waals surface area (Å²) in [5.74, 6) is -3.05. The Morgan fingerprint density at radius 2 is 0.898 bits per heavy atom. The van der Waals surface area contributed by atoms with E-state index in [-0.39, 0.29) is 22.7 Å². The average molecular weight is 675 g/mol. The number of hydrogen-bond acceptors (Lipinski definition) is 1. The zero-order chi connectivity index (χ0) is 34.5. The van der Waals surface area contributed by atoms with Crippen molar-refractivity contribution < 1.29 is 22.3 Å². The molecular formula is C44H54F4O. The second-order valence-corrected chi connectivity index (χ2v) is 15.5. The Morgan fingerprint density at radius 1 is 0.531 bits per heavy atom. The Balaban J connectivity index is 1.18. The van der Waals surface area contributed by atoms with Crippen LogP contribution in [0.15, 0.2) is 85.0 Å².